The zero-order valence-electron chi connectivity index (χ0n) is 22.6. The molecule has 4 rings (SSSR count). The molecule has 0 aromatic heterocycles. The molecule has 1 heterocycles. The van der Waals surface area contributed by atoms with Crippen molar-refractivity contribution in [2.45, 2.75) is 75.9 Å². The highest BCUT2D eigenvalue weighted by Crippen LogP contribution is 2.50. The third kappa shape index (κ3) is 7.04. The van der Waals surface area contributed by atoms with E-state index in [-0.39, 0.29) is 41.1 Å². The minimum atomic E-state index is -0.313. The first-order chi connectivity index (χ1) is 18.4. The van der Waals surface area contributed by atoms with Crippen LogP contribution in [0.15, 0.2) is 67.3 Å². The lowest BCUT2D eigenvalue weighted by atomic mass is 9.57. The Morgan fingerprint density at radius 3 is 2.71 bits per heavy atom. The monoisotopic (exact) mass is 518 g/mol. The molecule has 1 aliphatic heterocycles. The number of aryl methyl sites for hydroxylation is 1. The average molecular weight is 519 g/mol. The molecule has 2 aromatic rings. The quantitative estimate of drug-likeness (QED) is 0.244. The van der Waals surface area contributed by atoms with Crippen molar-refractivity contribution < 1.29 is 19.4 Å². The number of nitrogens with zero attached hydrogens (tertiary/aromatic N) is 1. The second-order valence-electron chi connectivity index (χ2n) is 11.0. The van der Waals surface area contributed by atoms with Gasteiger partial charge in [0.2, 0.25) is 5.91 Å². The lowest BCUT2D eigenvalue weighted by Gasteiger charge is -2.55. The number of fused-ring (bicyclic) bond motifs is 1. The zero-order chi connectivity index (χ0) is 27.0. The summed E-state index contributed by atoms with van der Waals surface area (Å²) in [5, 5.41) is 13.6. The van der Waals surface area contributed by atoms with Crippen molar-refractivity contribution in [3.63, 3.8) is 0 Å². The van der Waals surface area contributed by atoms with Crippen LogP contribution in [0.4, 0.5) is 0 Å². The molecule has 1 saturated carbocycles. The highest BCUT2D eigenvalue weighted by atomic mass is 16.5. The van der Waals surface area contributed by atoms with Crippen LogP contribution in [0, 0.1) is 5.92 Å². The summed E-state index contributed by atoms with van der Waals surface area (Å²) in [6.45, 7) is 7.80. The average Bonchev–Trinajstić information content (AvgIpc) is 2.89. The number of benzene rings is 2. The lowest BCUT2D eigenvalue weighted by molar-refractivity contribution is -0.157. The molecule has 0 radical (unpaired) electrons. The van der Waals surface area contributed by atoms with Crippen LogP contribution < -0.4 is 5.32 Å². The Bertz CT molecular complexity index is 1090. The van der Waals surface area contributed by atoms with Gasteiger partial charge in [-0.25, -0.2) is 0 Å². The number of nitrogens with one attached hydrogen (secondary N) is 1. The number of esters is 1. The molecule has 4 atom stereocenters. The minimum Gasteiger partial charge on any atom is -0.508 e. The molecule has 1 saturated heterocycles. The van der Waals surface area contributed by atoms with Gasteiger partial charge < -0.3 is 15.2 Å². The summed E-state index contributed by atoms with van der Waals surface area (Å²) in [5.41, 5.74) is 2.09. The van der Waals surface area contributed by atoms with Crippen molar-refractivity contribution in [3.8, 4) is 5.75 Å². The first-order valence-corrected chi connectivity index (χ1v) is 14.0. The van der Waals surface area contributed by atoms with Crippen molar-refractivity contribution in [2.75, 3.05) is 19.6 Å². The number of unbranched alkanes of at least 4 members (excludes halogenated alkanes) is 2. The van der Waals surface area contributed by atoms with E-state index in [1.54, 1.807) is 6.07 Å². The fraction of sp³-hybridized carbons (Fsp3) is 0.500. The summed E-state index contributed by atoms with van der Waals surface area (Å²) >= 11 is 0. The molecule has 2 N–H and O–H groups in total. The van der Waals surface area contributed by atoms with Crippen LogP contribution in [-0.2, 0) is 26.2 Å². The standard InChI is InChI=1S/C32H42N2O4/c1-3-18-34-19-17-32(26-14-10-15-28(36)20-26)22-27(21-30(29(32)23-34)38-24(2)35)33-31(37)16-9-5-8-13-25-11-6-4-7-12-25/h3-4,6-7,10-12,14-15,20,27,29-30,36H,1,5,8-9,13,16-19,21-23H2,2H3,(H,33,37)/t27-,29-,30?,32-/m0/s1. The third-order valence-corrected chi connectivity index (χ3v) is 8.32. The fourth-order valence-electron chi connectivity index (χ4n) is 6.61. The molecule has 1 aliphatic carbocycles. The maximum atomic E-state index is 13.0. The van der Waals surface area contributed by atoms with E-state index in [0.29, 0.717) is 12.8 Å². The second kappa shape index (κ2) is 13.1. The van der Waals surface area contributed by atoms with Crippen LogP contribution in [0.5, 0.6) is 5.75 Å². The maximum absolute atomic E-state index is 13.0. The molecule has 0 spiro atoms. The summed E-state index contributed by atoms with van der Waals surface area (Å²) in [5.74, 6) is 0.0545. The minimum absolute atomic E-state index is 0.0601. The van der Waals surface area contributed by atoms with Gasteiger partial charge in [-0.1, -0.05) is 55.0 Å². The van der Waals surface area contributed by atoms with E-state index in [0.717, 1.165) is 63.7 Å². The van der Waals surface area contributed by atoms with E-state index in [9.17, 15) is 14.7 Å². The van der Waals surface area contributed by atoms with Crippen molar-refractivity contribution in [1.29, 1.82) is 0 Å². The number of likely N-dealkylation sites (tertiary alicyclic amines) is 1. The second-order valence-corrected chi connectivity index (χ2v) is 11.0. The molecule has 204 valence electrons. The van der Waals surface area contributed by atoms with Crippen molar-refractivity contribution in [1.82, 2.24) is 10.2 Å². The highest BCUT2D eigenvalue weighted by molar-refractivity contribution is 5.76. The molecular formula is C32H42N2O4. The number of phenolic OH excluding ortho intramolecular Hbond substituents is 1. The summed E-state index contributed by atoms with van der Waals surface area (Å²) in [6.07, 6.45) is 8.29. The Hall–Kier alpha value is -3.12. The van der Waals surface area contributed by atoms with Gasteiger partial charge in [-0.2, -0.15) is 0 Å². The number of ether oxygens (including phenoxy) is 1. The van der Waals surface area contributed by atoms with Crippen molar-refractivity contribution in [2.24, 2.45) is 5.92 Å². The zero-order valence-corrected chi connectivity index (χ0v) is 22.6. The van der Waals surface area contributed by atoms with Crippen LogP contribution in [0.1, 0.15) is 63.0 Å². The molecule has 6 nitrogen and oxygen atoms in total. The van der Waals surface area contributed by atoms with E-state index >= 15 is 0 Å². The Morgan fingerprint density at radius 2 is 1.97 bits per heavy atom. The summed E-state index contributed by atoms with van der Waals surface area (Å²) < 4.78 is 5.93. The van der Waals surface area contributed by atoms with Crippen molar-refractivity contribution in [3.05, 3.63) is 78.4 Å². The molecule has 2 aromatic carbocycles. The smallest absolute Gasteiger partial charge is 0.302 e. The number of carbonyl (C=O) groups excluding carboxylic acids is 2. The van der Waals surface area contributed by atoms with Gasteiger partial charge >= 0.3 is 5.97 Å². The molecule has 0 bridgehead atoms. The Morgan fingerprint density at radius 1 is 1.16 bits per heavy atom. The van der Waals surface area contributed by atoms with Gasteiger partial charge in [0.05, 0.1) is 0 Å². The largest absolute Gasteiger partial charge is 0.508 e. The van der Waals surface area contributed by atoms with Gasteiger partial charge in [0.1, 0.15) is 11.9 Å². The SMILES string of the molecule is C=CCN1CC[C@@]2(c3cccc(O)c3)C[C@@H](NC(=O)CCCCCc3ccccc3)CC(OC(C)=O)[C@@H]2C1. The van der Waals surface area contributed by atoms with Gasteiger partial charge in [0.25, 0.3) is 0 Å². The summed E-state index contributed by atoms with van der Waals surface area (Å²) in [4.78, 5) is 27.5. The topological polar surface area (TPSA) is 78.9 Å². The van der Waals surface area contributed by atoms with Crippen LogP contribution in [0.2, 0.25) is 0 Å². The van der Waals surface area contributed by atoms with Crippen LogP contribution in [0.25, 0.3) is 0 Å². The fourth-order valence-corrected chi connectivity index (χ4v) is 6.61. The van der Waals surface area contributed by atoms with Gasteiger partial charge in [0.15, 0.2) is 0 Å². The number of hydrogen-bond donors (Lipinski definition) is 2. The van der Waals surface area contributed by atoms with Gasteiger partial charge in [-0.05, 0) is 61.9 Å². The van der Waals surface area contributed by atoms with E-state index in [4.69, 9.17) is 4.74 Å². The number of piperidine rings is 1. The summed E-state index contributed by atoms with van der Waals surface area (Å²) in [6, 6.07) is 17.8. The molecule has 2 fully saturated rings. The first kappa shape index (κ1) is 27.9. The van der Waals surface area contributed by atoms with Crippen LogP contribution >= 0.6 is 0 Å². The number of hydrogen-bond acceptors (Lipinski definition) is 5. The number of phenols is 1. The number of rotatable bonds is 11. The Labute approximate surface area is 227 Å². The van der Waals surface area contributed by atoms with Crippen LogP contribution in [-0.4, -0.2) is 53.7 Å². The van der Waals surface area contributed by atoms with Gasteiger partial charge in [-0.3, -0.25) is 14.5 Å². The number of aromatic hydroxyl groups is 1. The van der Waals surface area contributed by atoms with E-state index < -0.39 is 0 Å². The van der Waals surface area contributed by atoms with E-state index in [2.05, 4.69) is 47.1 Å². The molecule has 6 heteroatoms. The molecule has 1 amide bonds. The molecular weight excluding hydrogens is 476 g/mol. The molecule has 1 unspecified atom stereocenters. The Balaban J connectivity index is 1.44. The normalized spacial score (nSPS) is 25.2. The Kier molecular flexibility index (Phi) is 9.62. The number of carbonyl (C=O) groups is 2. The van der Waals surface area contributed by atoms with E-state index in [1.165, 1.54) is 12.5 Å². The lowest BCUT2D eigenvalue weighted by Crippen LogP contribution is -2.61. The van der Waals surface area contributed by atoms with Gasteiger partial charge in [0, 0.05) is 50.2 Å². The predicted octanol–water partition coefficient (Wildman–Crippen LogP) is 5.15. The van der Waals surface area contributed by atoms with E-state index in [1.807, 2.05) is 24.3 Å². The predicted molar refractivity (Wildman–Crippen MR) is 150 cm³/mol. The highest BCUT2D eigenvalue weighted by Gasteiger charge is 2.53. The van der Waals surface area contributed by atoms with Crippen LogP contribution in [0.3, 0.4) is 0 Å². The molecule has 38 heavy (non-hydrogen) atoms. The first-order valence-electron chi connectivity index (χ1n) is 14.0. The van der Waals surface area contributed by atoms with Crippen molar-refractivity contribution >= 4 is 11.9 Å². The van der Waals surface area contributed by atoms with Gasteiger partial charge in [-0.15, -0.1) is 6.58 Å². The summed E-state index contributed by atoms with van der Waals surface area (Å²) in [7, 11) is 0. The number of amides is 1. The third-order valence-electron chi connectivity index (χ3n) is 8.32. The molecule has 2 aliphatic rings. The maximum Gasteiger partial charge on any atom is 0.302 e.